The van der Waals surface area contributed by atoms with E-state index in [1.807, 2.05) is 19.2 Å². The first-order valence-corrected chi connectivity index (χ1v) is 8.33. The van der Waals surface area contributed by atoms with Crippen molar-refractivity contribution >= 4 is 16.9 Å². The molecule has 1 aliphatic rings. The maximum absolute atomic E-state index is 11.6. The van der Waals surface area contributed by atoms with Crippen LogP contribution in [0.2, 0.25) is 0 Å². The van der Waals surface area contributed by atoms with Crippen LogP contribution in [0.25, 0.3) is 10.9 Å². The zero-order valence-corrected chi connectivity index (χ0v) is 13.8. The van der Waals surface area contributed by atoms with E-state index >= 15 is 0 Å². The largest absolute Gasteiger partial charge is 0.463 e. The van der Waals surface area contributed by atoms with Crippen molar-refractivity contribution in [1.29, 1.82) is 0 Å². The fourth-order valence-electron chi connectivity index (χ4n) is 3.51. The van der Waals surface area contributed by atoms with Crippen LogP contribution in [0.5, 0.6) is 0 Å². The number of allylic oxidation sites excluding steroid dienone is 1. The lowest BCUT2D eigenvalue weighted by Crippen LogP contribution is -2.26. The lowest BCUT2D eigenvalue weighted by molar-refractivity contribution is -0.137. The van der Waals surface area contributed by atoms with Crippen LogP contribution in [0.4, 0.5) is 0 Å². The number of esters is 1. The van der Waals surface area contributed by atoms with Crippen molar-refractivity contribution in [2.45, 2.75) is 44.9 Å². The van der Waals surface area contributed by atoms with Gasteiger partial charge in [-0.25, -0.2) is 4.79 Å². The van der Waals surface area contributed by atoms with E-state index in [4.69, 9.17) is 4.74 Å². The normalized spacial score (nSPS) is 21.2. The zero-order valence-electron chi connectivity index (χ0n) is 13.8. The smallest absolute Gasteiger partial charge is 0.330 e. The molecule has 3 rings (SSSR count). The Bertz CT molecular complexity index is 733. The summed E-state index contributed by atoms with van der Waals surface area (Å²) >= 11 is 0. The van der Waals surface area contributed by atoms with E-state index in [0.29, 0.717) is 6.61 Å². The summed E-state index contributed by atoms with van der Waals surface area (Å²) < 4.78 is 5.02. The molecule has 120 valence electrons. The molecular formula is C20H23NO2. The Labute approximate surface area is 137 Å². The number of aromatic nitrogens is 1. The van der Waals surface area contributed by atoms with E-state index in [-0.39, 0.29) is 11.4 Å². The standard InChI is InChI=1S/C20H23NO2/c1-3-23-19(22)14-15-8-11-20(2,12-9-15)17-10-13-21-18-7-5-4-6-16(17)18/h4-7,10,13-14H,3,8-9,11-12H2,1-2H3. The van der Waals surface area contributed by atoms with Crippen LogP contribution in [0.1, 0.15) is 45.1 Å². The van der Waals surface area contributed by atoms with Gasteiger partial charge < -0.3 is 4.74 Å². The molecule has 1 aromatic heterocycles. The van der Waals surface area contributed by atoms with Crippen LogP contribution in [0.15, 0.2) is 48.2 Å². The van der Waals surface area contributed by atoms with Crippen molar-refractivity contribution in [2.24, 2.45) is 0 Å². The molecule has 3 heteroatoms. The minimum absolute atomic E-state index is 0.133. The number of rotatable bonds is 3. The van der Waals surface area contributed by atoms with Crippen LogP contribution in [-0.4, -0.2) is 17.6 Å². The molecule has 0 spiro atoms. The number of benzene rings is 1. The summed E-state index contributed by atoms with van der Waals surface area (Å²) in [6, 6.07) is 10.5. The molecule has 0 aliphatic heterocycles. The van der Waals surface area contributed by atoms with E-state index in [9.17, 15) is 4.79 Å². The first-order valence-electron chi connectivity index (χ1n) is 8.33. The predicted molar refractivity (Wildman–Crippen MR) is 92.3 cm³/mol. The molecule has 1 heterocycles. The topological polar surface area (TPSA) is 39.2 Å². The molecule has 0 unspecified atom stereocenters. The van der Waals surface area contributed by atoms with Crippen molar-refractivity contribution in [3.63, 3.8) is 0 Å². The van der Waals surface area contributed by atoms with Gasteiger partial charge in [-0.1, -0.05) is 30.7 Å². The van der Waals surface area contributed by atoms with Gasteiger partial charge in [0.15, 0.2) is 0 Å². The Morgan fingerprint density at radius 2 is 2.00 bits per heavy atom. The Kier molecular flexibility index (Phi) is 4.46. The first-order chi connectivity index (χ1) is 11.1. The molecule has 1 fully saturated rings. The van der Waals surface area contributed by atoms with Gasteiger partial charge in [0.1, 0.15) is 0 Å². The van der Waals surface area contributed by atoms with Gasteiger partial charge in [0.05, 0.1) is 12.1 Å². The zero-order chi connectivity index (χ0) is 16.3. The number of nitrogens with zero attached hydrogens (tertiary/aromatic N) is 1. The van der Waals surface area contributed by atoms with E-state index < -0.39 is 0 Å². The summed E-state index contributed by atoms with van der Waals surface area (Å²) in [5.74, 6) is -0.208. The van der Waals surface area contributed by atoms with Crippen LogP contribution in [-0.2, 0) is 14.9 Å². The van der Waals surface area contributed by atoms with Gasteiger partial charge in [-0.15, -0.1) is 0 Å². The average Bonchev–Trinajstić information content (AvgIpc) is 2.57. The van der Waals surface area contributed by atoms with Gasteiger partial charge in [0.2, 0.25) is 0 Å². The molecule has 3 nitrogen and oxygen atoms in total. The predicted octanol–water partition coefficient (Wildman–Crippen LogP) is 4.56. The Morgan fingerprint density at radius 3 is 2.74 bits per heavy atom. The second-order valence-corrected chi connectivity index (χ2v) is 6.49. The van der Waals surface area contributed by atoms with Crippen molar-refractivity contribution in [2.75, 3.05) is 6.61 Å². The molecule has 0 N–H and O–H groups in total. The van der Waals surface area contributed by atoms with Crippen LogP contribution >= 0.6 is 0 Å². The number of carbonyl (C=O) groups is 1. The lowest BCUT2D eigenvalue weighted by Gasteiger charge is -2.36. The summed E-state index contributed by atoms with van der Waals surface area (Å²) in [7, 11) is 0. The van der Waals surface area contributed by atoms with Crippen molar-refractivity contribution in [3.05, 3.63) is 53.7 Å². The third-order valence-corrected chi connectivity index (χ3v) is 4.90. The van der Waals surface area contributed by atoms with Crippen molar-refractivity contribution in [1.82, 2.24) is 4.98 Å². The Hall–Kier alpha value is -2.16. The fraction of sp³-hybridized carbons (Fsp3) is 0.400. The Morgan fingerprint density at radius 1 is 1.26 bits per heavy atom. The summed E-state index contributed by atoms with van der Waals surface area (Å²) in [6.45, 7) is 4.60. The highest BCUT2D eigenvalue weighted by atomic mass is 16.5. The fourth-order valence-corrected chi connectivity index (χ4v) is 3.51. The summed E-state index contributed by atoms with van der Waals surface area (Å²) in [4.78, 5) is 16.1. The molecule has 0 amide bonds. The second-order valence-electron chi connectivity index (χ2n) is 6.49. The quantitative estimate of drug-likeness (QED) is 0.616. The summed E-state index contributed by atoms with van der Waals surface area (Å²) in [5.41, 5.74) is 3.77. The van der Waals surface area contributed by atoms with E-state index in [1.165, 1.54) is 16.5 Å². The maximum atomic E-state index is 11.6. The highest BCUT2D eigenvalue weighted by molar-refractivity contribution is 5.84. The van der Waals surface area contributed by atoms with Crippen LogP contribution in [0.3, 0.4) is 0 Å². The molecule has 0 radical (unpaired) electrons. The van der Waals surface area contributed by atoms with E-state index in [2.05, 4.69) is 36.2 Å². The monoisotopic (exact) mass is 309 g/mol. The molecular weight excluding hydrogens is 286 g/mol. The highest BCUT2D eigenvalue weighted by Gasteiger charge is 2.32. The number of fused-ring (bicyclic) bond motifs is 1. The van der Waals surface area contributed by atoms with Gasteiger partial charge in [0.25, 0.3) is 0 Å². The van der Waals surface area contributed by atoms with Gasteiger partial charge in [-0.05, 0) is 55.7 Å². The SMILES string of the molecule is CCOC(=O)C=C1CCC(C)(c2ccnc3ccccc23)CC1. The molecule has 0 saturated heterocycles. The van der Waals surface area contributed by atoms with Crippen LogP contribution < -0.4 is 0 Å². The minimum atomic E-state index is -0.208. The number of hydrogen-bond donors (Lipinski definition) is 0. The second kappa shape index (κ2) is 6.53. The van der Waals surface area contributed by atoms with Gasteiger partial charge in [-0.2, -0.15) is 0 Å². The third-order valence-electron chi connectivity index (χ3n) is 4.90. The minimum Gasteiger partial charge on any atom is -0.463 e. The Balaban J connectivity index is 1.83. The van der Waals surface area contributed by atoms with Crippen LogP contribution in [0, 0.1) is 0 Å². The number of ether oxygens (including phenoxy) is 1. The number of carbonyl (C=O) groups excluding carboxylic acids is 1. The average molecular weight is 309 g/mol. The van der Waals surface area contributed by atoms with Gasteiger partial charge in [-0.3, -0.25) is 4.98 Å². The van der Waals surface area contributed by atoms with Crippen molar-refractivity contribution in [3.8, 4) is 0 Å². The number of pyridine rings is 1. The lowest BCUT2D eigenvalue weighted by atomic mass is 9.69. The maximum Gasteiger partial charge on any atom is 0.330 e. The molecule has 2 aromatic rings. The molecule has 23 heavy (non-hydrogen) atoms. The molecule has 1 aromatic carbocycles. The van der Waals surface area contributed by atoms with Gasteiger partial charge >= 0.3 is 5.97 Å². The van der Waals surface area contributed by atoms with Gasteiger partial charge in [0, 0.05) is 17.7 Å². The first kappa shape index (κ1) is 15.7. The third kappa shape index (κ3) is 3.29. The molecule has 0 atom stereocenters. The summed E-state index contributed by atoms with van der Waals surface area (Å²) in [6.07, 6.45) is 7.59. The number of hydrogen-bond acceptors (Lipinski definition) is 3. The highest BCUT2D eigenvalue weighted by Crippen LogP contribution is 2.43. The summed E-state index contributed by atoms with van der Waals surface area (Å²) in [5, 5.41) is 1.25. The van der Waals surface area contributed by atoms with E-state index in [0.717, 1.165) is 31.2 Å². The molecule has 1 saturated carbocycles. The molecule has 1 aliphatic carbocycles. The van der Waals surface area contributed by atoms with E-state index in [1.54, 1.807) is 6.08 Å². The molecule has 0 bridgehead atoms. The van der Waals surface area contributed by atoms with Crippen molar-refractivity contribution < 1.29 is 9.53 Å². The number of para-hydroxylation sites is 1.